The van der Waals surface area contributed by atoms with Gasteiger partial charge in [-0.15, -0.1) is 0 Å². The molecule has 1 saturated carbocycles. The summed E-state index contributed by atoms with van der Waals surface area (Å²) in [5, 5.41) is 8.42. The molecule has 3 aromatic heterocycles. The molecule has 0 saturated heterocycles. The number of aryl methyl sites for hydroxylation is 1. The molecule has 1 aromatic carbocycles. The number of alkyl halides is 3. The van der Waals surface area contributed by atoms with Gasteiger partial charge in [0.2, 0.25) is 0 Å². The van der Waals surface area contributed by atoms with Crippen LogP contribution in [0.15, 0.2) is 47.4 Å². The Morgan fingerprint density at radius 1 is 1.13 bits per heavy atom. The minimum Gasteiger partial charge on any atom is -0.382 e. The van der Waals surface area contributed by atoms with Gasteiger partial charge in [0.15, 0.2) is 0 Å². The number of rotatable bonds is 3. The predicted molar refractivity (Wildman–Crippen MR) is 107 cm³/mol. The van der Waals surface area contributed by atoms with E-state index in [4.69, 9.17) is 0 Å². The van der Waals surface area contributed by atoms with Crippen LogP contribution in [0, 0.1) is 0 Å². The molecule has 1 aliphatic rings. The molecule has 4 aromatic rings. The van der Waals surface area contributed by atoms with Crippen LogP contribution in [0.25, 0.3) is 27.8 Å². The molecule has 0 radical (unpaired) electrons. The van der Waals surface area contributed by atoms with Crippen LogP contribution in [-0.2, 0) is 13.2 Å². The zero-order valence-corrected chi connectivity index (χ0v) is 16.1. The third-order valence-corrected chi connectivity index (χ3v) is 5.62. The fourth-order valence-corrected chi connectivity index (χ4v) is 3.73. The van der Waals surface area contributed by atoms with Gasteiger partial charge in [-0.3, -0.25) is 14.3 Å². The van der Waals surface area contributed by atoms with Gasteiger partial charge in [-0.1, -0.05) is 0 Å². The number of nitrogens with one attached hydrogen (secondary N) is 1. The maximum atomic E-state index is 13.0. The molecule has 1 fully saturated rings. The summed E-state index contributed by atoms with van der Waals surface area (Å²) in [6.07, 6.45) is -0.00207. The second kappa shape index (κ2) is 6.58. The van der Waals surface area contributed by atoms with Gasteiger partial charge in [0.25, 0.3) is 5.56 Å². The number of benzene rings is 1. The third kappa shape index (κ3) is 3.01. The van der Waals surface area contributed by atoms with Crippen molar-refractivity contribution in [1.82, 2.24) is 19.2 Å². The number of halogens is 3. The Morgan fingerprint density at radius 2 is 1.93 bits per heavy atom. The normalized spacial score (nSPS) is 14.9. The van der Waals surface area contributed by atoms with Crippen LogP contribution >= 0.6 is 0 Å². The molecule has 0 amide bonds. The molecule has 0 unspecified atom stereocenters. The molecule has 5 rings (SSSR count). The summed E-state index contributed by atoms with van der Waals surface area (Å²) in [7, 11) is 1.63. The van der Waals surface area contributed by atoms with Crippen LogP contribution in [0.3, 0.4) is 0 Å². The first-order chi connectivity index (χ1) is 14.3. The van der Waals surface area contributed by atoms with E-state index in [1.54, 1.807) is 17.6 Å². The van der Waals surface area contributed by atoms with E-state index in [-0.39, 0.29) is 11.1 Å². The van der Waals surface area contributed by atoms with Crippen molar-refractivity contribution in [3.63, 3.8) is 0 Å². The molecule has 1 N–H and O–H groups in total. The van der Waals surface area contributed by atoms with E-state index in [0.29, 0.717) is 28.3 Å². The lowest BCUT2D eigenvalue weighted by atomic mass is 9.93. The Morgan fingerprint density at radius 3 is 2.63 bits per heavy atom. The summed E-state index contributed by atoms with van der Waals surface area (Å²) in [4.78, 5) is 16.3. The highest BCUT2D eigenvalue weighted by Crippen LogP contribution is 2.31. The van der Waals surface area contributed by atoms with Crippen molar-refractivity contribution in [3.05, 3.63) is 58.6 Å². The van der Waals surface area contributed by atoms with E-state index in [1.807, 2.05) is 18.2 Å². The Balaban J connectivity index is 1.66. The Bertz CT molecular complexity index is 1330. The molecule has 3 heterocycles. The fourth-order valence-electron chi connectivity index (χ4n) is 3.73. The summed E-state index contributed by atoms with van der Waals surface area (Å²) in [5.74, 6) is 0. The molecule has 0 aliphatic heterocycles. The van der Waals surface area contributed by atoms with Crippen LogP contribution in [0.5, 0.6) is 0 Å². The lowest BCUT2D eigenvalue weighted by molar-refractivity contribution is -0.141. The van der Waals surface area contributed by atoms with Crippen LogP contribution in [0.1, 0.15) is 25.0 Å². The first-order valence-corrected chi connectivity index (χ1v) is 9.64. The molecular formula is C21H18F3N5O. The molecule has 1 aliphatic carbocycles. The third-order valence-electron chi connectivity index (χ3n) is 5.62. The molecule has 0 spiro atoms. The SMILES string of the molecule is Cn1c(=O)c2cc(NC3CCC3)ccc2n2nc(-c3ccnc(C(F)(F)F)c3)cc12. The lowest BCUT2D eigenvalue weighted by Crippen LogP contribution is -2.27. The van der Waals surface area contributed by atoms with E-state index >= 15 is 0 Å². The van der Waals surface area contributed by atoms with E-state index in [1.165, 1.54) is 17.1 Å². The lowest BCUT2D eigenvalue weighted by Gasteiger charge is -2.27. The zero-order chi connectivity index (χ0) is 21.0. The van der Waals surface area contributed by atoms with Gasteiger partial charge in [-0.25, -0.2) is 4.52 Å². The topological polar surface area (TPSA) is 64.2 Å². The van der Waals surface area contributed by atoms with Gasteiger partial charge in [-0.05, 0) is 49.6 Å². The van der Waals surface area contributed by atoms with Crippen LogP contribution in [0.2, 0.25) is 0 Å². The summed E-state index contributed by atoms with van der Waals surface area (Å²) >= 11 is 0. The van der Waals surface area contributed by atoms with Gasteiger partial charge < -0.3 is 5.32 Å². The van der Waals surface area contributed by atoms with E-state index in [0.717, 1.165) is 30.8 Å². The molecule has 0 atom stereocenters. The molecular weight excluding hydrogens is 395 g/mol. The molecule has 9 heteroatoms. The fraction of sp³-hybridized carbons (Fsp3) is 0.286. The van der Waals surface area contributed by atoms with Gasteiger partial charge in [0, 0.05) is 36.6 Å². The second-order valence-corrected chi connectivity index (χ2v) is 7.60. The first kappa shape index (κ1) is 18.7. The van der Waals surface area contributed by atoms with Crippen LogP contribution in [0.4, 0.5) is 18.9 Å². The minimum atomic E-state index is -4.54. The molecule has 154 valence electrons. The van der Waals surface area contributed by atoms with Gasteiger partial charge in [0.1, 0.15) is 11.3 Å². The van der Waals surface area contributed by atoms with Gasteiger partial charge in [0.05, 0.1) is 16.6 Å². The van der Waals surface area contributed by atoms with E-state index < -0.39 is 11.9 Å². The second-order valence-electron chi connectivity index (χ2n) is 7.60. The molecule has 30 heavy (non-hydrogen) atoms. The predicted octanol–water partition coefficient (Wildman–Crippen LogP) is 4.23. The number of hydrogen-bond acceptors (Lipinski definition) is 4. The number of hydrogen-bond donors (Lipinski definition) is 1. The maximum Gasteiger partial charge on any atom is 0.433 e. The standard InChI is InChI=1S/C21H18F3N5O/c1-28-19-11-16(12-7-8-25-18(9-12)21(22,23)24)27-29(19)17-6-5-14(10-15(17)20(28)30)26-13-3-2-4-13/h5-11,13,26H,2-4H2,1H3. The highest BCUT2D eigenvalue weighted by Gasteiger charge is 2.32. The smallest absolute Gasteiger partial charge is 0.382 e. The van der Waals surface area contributed by atoms with Crippen molar-refractivity contribution < 1.29 is 13.2 Å². The van der Waals surface area contributed by atoms with Gasteiger partial charge in [-0.2, -0.15) is 18.3 Å². The first-order valence-electron chi connectivity index (χ1n) is 9.64. The van der Waals surface area contributed by atoms with E-state index in [2.05, 4.69) is 15.4 Å². The molecule has 6 nitrogen and oxygen atoms in total. The summed E-state index contributed by atoms with van der Waals surface area (Å²) in [5.41, 5.74) is 1.41. The highest BCUT2D eigenvalue weighted by molar-refractivity contribution is 5.84. The van der Waals surface area contributed by atoms with Crippen LogP contribution < -0.4 is 10.9 Å². The number of fused-ring (bicyclic) bond motifs is 3. The van der Waals surface area contributed by atoms with E-state index in [9.17, 15) is 18.0 Å². The quantitative estimate of drug-likeness (QED) is 0.546. The highest BCUT2D eigenvalue weighted by atomic mass is 19.4. The average molecular weight is 413 g/mol. The maximum absolute atomic E-state index is 13.0. The largest absolute Gasteiger partial charge is 0.433 e. The van der Waals surface area contributed by atoms with Crippen molar-refractivity contribution in [2.75, 3.05) is 5.32 Å². The average Bonchev–Trinajstić information content (AvgIpc) is 3.14. The van der Waals surface area contributed by atoms with Crippen LogP contribution in [-0.4, -0.2) is 25.2 Å². The Kier molecular flexibility index (Phi) is 4.09. The summed E-state index contributed by atoms with van der Waals surface area (Å²) in [6, 6.07) is 9.99. The number of anilines is 1. The summed E-state index contributed by atoms with van der Waals surface area (Å²) in [6.45, 7) is 0. The molecule has 0 bridgehead atoms. The number of nitrogens with zero attached hydrogens (tertiary/aromatic N) is 4. The monoisotopic (exact) mass is 413 g/mol. The number of pyridine rings is 1. The van der Waals surface area contributed by atoms with Crippen molar-refractivity contribution in [3.8, 4) is 11.3 Å². The Labute approximate surface area is 169 Å². The van der Waals surface area contributed by atoms with Crippen molar-refractivity contribution in [2.45, 2.75) is 31.5 Å². The van der Waals surface area contributed by atoms with Gasteiger partial charge >= 0.3 is 6.18 Å². The van der Waals surface area contributed by atoms with Crippen molar-refractivity contribution in [1.29, 1.82) is 0 Å². The number of aromatic nitrogens is 4. The Hall–Kier alpha value is -3.36. The van der Waals surface area contributed by atoms with Crippen molar-refractivity contribution in [2.24, 2.45) is 7.05 Å². The summed E-state index contributed by atoms with van der Waals surface area (Å²) < 4.78 is 42.1. The van der Waals surface area contributed by atoms with Crippen molar-refractivity contribution >= 4 is 22.2 Å². The minimum absolute atomic E-state index is 0.188. The zero-order valence-electron chi connectivity index (χ0n) is 16.1.